The van der Waals surface area contributed by atoms with E-state index < -0.39 is 11.7 Å². The number of piperidine rings is 1. The minimum atomic E-state index is -0.593. The lowest BCUT2D eigenvalue weighted by Crippen LogP contribution is -2.30. The topological polar surface area (TPSA) is 95.5 Å². The van der Waals surface area contributed by atoms with E-state index in [0.29, 0.717) is 40.0 Å². The van der Waals surface area contributed by atoms with Crippen molar-refractivity contribution >= 4 is 34.9 Å². The number of Topliss-reactive ketones (excluding diaryl/α,β-unsaturated/α-hetero) is 1. The summed E-state index contributed by atoms with van der Waals surface area (Å²) in [7, 11) is 5.22. The third-order valence-corrected chi connectivity index (χ3v) is 7.48. The molecule has 4 rings (SSSR count). The zero-order chi connectivity index (χ0) is 28.8. The molecule has 1 aromatic heterocycles. The molecule has 1 aliphatic heterocycles. The monoisotopic (exact) mass is 559 g/mol. The Morgan fingerprint density at radius 3 is 2.55 bits per heavy atom. The second kappa shape index (κ2) is 13.0. The molecule has 0 aliphatic carbocycles. The van der Waals surface area contributed by atoms with Gasteiger partial charge in [0.05, 0.1) is 10.7 Å². The van der Waals surface area contributed by atoms with E-state index in [2.05, 4.69) is 41.0 Å². The molecular formula is C31H34ClN5O3. The standard InChI is InChI=1S/C31H34ClN5O3/c1-5-29(38)35-26-16-20(10-11-23(26)21-12-14-37(4)15-13-21)17-28-33-19-25(32)27(34-28)18-22-8-6-7-9-24(22)30(39)31(40)36(2)3/h5-11,16,19,21H,1,12-15,17-18H2,2-4H3,(H,35,38). The Bertz CT molecular complexity index is 1430. The molecule has 0 spiro atoms. The number of amides is 2. The van der Waals surface area contributed by atoms with E-state index in [1.807, 2.05) is 12.1 Å². The number of nitrogens with one attached hydrogen (secondary N) is 1. The third-order valence-electron chi connectivity index (χ3n) is 7.17. The number of likely N-dealkylation sites (N-methyl/N-ethyl adjacent to an activating group) is 1. The van der Waals surface area contributed by atoms with E-state index in [0.717, 1.165) is 42.7 Å². The van der Waals surface area contributed by atoms with Crippen molar-refractivity contribution in [3.8, 4) is 0 Å². The molecule has 0 unspecified atom stereocenters. The smallest absolute Gasteiger partial charge is 0.294 e. The van der Waals surface area contributed by atoms with E-state index in [9.17, 15) is 14.4 Å². The summed E-state index contributed by atoms with van der Waals surface area (Å²) in [6, 6.07) is 13.1. The number of carbonyl (C=O) groups excluding carboxylic acids is 3. The Hall–Kier alpha value is -3.88. The van der Waals surface area contributed by atoms with Crippen LogP contribution in [0.1, 0.15) is 57.3 Å². The fraction of sp³-hybridized carbons (Fsp3) is 0.323. The van der Waals surface area contributed by atoms with Gasteiger partial charge in [0.25, 0.3) is 11.7 Å². The molecule has 0 atom stereocenters. The van der Waals surface area contributed by atoms with Gasteiger partial charge in [0.15, 0.2) is 0 Å². The molecule has 40 heavy (non-hydrogen) atoms. The highest BCUT2D eigenvalue weighted by Gasteiger charge is 2.23. The summed E-state index contributed by atoms with van der Waals surface area (Å²) < 4.78 is 0. The van der Waals surface area contributed by atoms with Gasteiger partial charge in [0.2, 0.25) is 5.91 Å². The molecule has 0 radical (unpaired) electrons. The lowest BCUT2D eigenvalue weighted by Gasteiger charge is -2.30. The second-order valence-electron chi connectivity index (χ2n) is 10.3. The Labute approximate surface area is 240 Å². The maximum atomic E-state index is 12.8. The fourth-order valence-corrected chi connectivity index (χ4v) is 5.07. The first-order valence-corrected chi connectivity index (χ1v) is 13.6. The quantitative estimate of drug-likeness (QED) is 0.235. The summed E-state index contributed by atoms with van der Waals surface area (Å²) in [4.78, 5) is 50.0. The van der Waals surface area contributed by atoms with Crippen molar-refractivity contribution in [2.24, 2.45) is 0 Å². The summed E-state index contributed by atoms with van der Waals surface area (Å²) in [5.74, 6) is -0.501. The van der Waals surface area contributed by atoms with Crippen LogP contribution in [0, 0.1) is 0 Å². The van der Waals surface area contributed by atoms with Crippen molar-refractivity contribution in [1.29, 1.82) is 0 Å². The van der Waals surface area contributed by atoms with Crippen molar-refractivity contribution in [2.75, 3.05) is 39.5 Å². The number of halogens is 1. The number of ketones is 1. The summed E-state index contributed by atoms with van der Waals surface area (Å²) in [6.07, 6.45) is 5.58. The van der Waals surface area contributed by atoms with E-state index in [1.54, 1.807) is 38.5 Å². The normalized spacial score (nSPS) is 14.0. The van der Waals surface area contributed by atoms with Crippen LogP contribution in [0.15, 0.2) is 61.3 Å². The van der Waals surface area contributed by atoms with Crippen LogP contribution in [0.5, 0.6) is 0 Å². The van der Waals surface area contributed by atoms with Gasteiger partial charge in [0, 0.05) is 44.4 Å². The number of aromatic nitrogens is 2. The SMILES string of the molecule is C=CC(=O)Nc1cc(Cc2ncc(Cl)c(Cc3ccccc3C(=O)C(=O)N(C)C)n2)ccc1C1CCN(C)CC1. The molecule has 8 nitrogen and oxygen atoms in total. The fourth-order valence-electron chi connectivity index (χ4n) is 4.91. The zero-order valence-corrected chi connectivity index (χ0v) is 23.9. The van der Waals surface area contributed by atoms with Crippen molar-refractivity contribution in [2.45, 2.75) is 31.6 Å². The average Bonchev–Trinajstić information content (AvgIpc) is 2.95. The van der Waals surface area contributed by atoms with Crippen LogP contribution in [0.25, 0.3) is 0 Å². The molecule has 1 saturated heterocycles. The van der Waals surface area contributed by atoms with Crippen LogP contribution in [0.4, 0.5) is 5.69 Å². The molecule has 2 aromatic carbocycles. The Morgan fingerprint density at radius 2 is 1.85 bits per heavy atom. The van der Waals surface area contributed by atoms with Crippen molar-refractivity contribution in [3.05, 3.63) is 100 Å². The number of benzene rings is 2. The predicted molar refractivity (Wildman–Crippen MR) is 157 cm³/mol. The van der Waals surface area contributed by atoms with E-state index >= 15 is 0 Å². The van der Waals surface area contributed by atoms with Crippen LogP contribution in [-0.2, 0) is 22.4 Å². The highest BCUT2D eigenvalue weighted by molar-refractivity contribution is 6.43. The van der Waals surface area contributed by atoms with Gasteiger partial charge in [-0.3, -0.25) is 14.4 Å². The molecule has 208 valence electrons. The zero-order valence-electron chi connectivity index (χ0n) is 23.1. The Kier molecular flexibility index (Phi) is 9.45. The molecule has 0 saturated carbocycles. The van der Waals surface area contributed by atoms with Crippen LogP contribution in [-0.4, -0.2) is 71.6 Å². The van der Waals surface area contributed by atoms with E-state index in [4.69, 9.17) is 16.6 Å². The highest BCUT2D eigenvalue weighted by Crippen LogP contribution is 2.34. The maximum Gasteiger partial charge on any atom is 0.294 e. The number of nitrogens with zero attached hydrogens (tertiary/aromatic N) is 4. The van der Waals surface area contributed by atoms with Crippen molar-refractivity contribution in [3.63, 3.8) is 0 Å². The minimum Gasteiger partial charge on any atom is -0.342 e. The number of likely N-dealkylation sites (tertiary alicyclic amines) is 1. The molecular weight excluding hydrogens is 526 g/mol. The number of anilines is 1. The van der Waals surface area contributed by atoms with Gasteiger partial charge >= 0.3 is 0 Å². The van der Waals surface area contributed by atoms with Gasteiger partial charge in [-0.15, -0.1) is 0 Å². The average molecular weight is 560 g/mol. The van der Waals surface area contributed by atoms with Gasteiger partial charge in [-0.25, -0.2) is 9.97 Å². The Balaban J connectivity index is 1.59. The van der Waals surface area contributed by atoms with Gasteiger partial charge in [0.1, 0.15) is 5.82 Å². The molecule has 3 aromatic rings. The van der Waals surface area contributed by atoms with Gasteiger partial charge in [-0.1, -0.05) is 54.6 Å². The van der Waals surface area contributed by atoms with E-state index in [1.165, 1.54) is 11.0 Å². The Morgan fingerprint density at radius 1 is 1.12 bits per heavy atom. The first-order valence-electron chi connectivity index (χ1n) is 13.2. The van der Waals surface area contributed by atoms with Crippen LogP contribution in [0.3, 0.4) is 0 Å². The lowest BCUT2D eigenvalue weighted by atomic mass is 9.87. The van der Waals surface area contributed by atoms with E-state index in [-0.39, 0.29) is 12.3 Å². The molecule has 1 aliphatic rings. The largest absolute Gasteiger partial charge is 0.342 e. The lowest BCUT2D eigenvalue weighted by molar-refractivity contribution is -0.124. The number of hydrogen-bond donors (Lipinski definition) is 1. The highest BCUT2D eigenvalue weighted by atomic mass is 35.5. The van der Waals surface area contributed by atoms with Gasteiger partial charge in [-0.05, 0) is 67.7 Å². The van der Waals surface area contributed by atoms with Gasteiger partial charge in [-0.2, -0.15) is 0 Å². The molecule has 0 bridgehead atoms. The summed E-state index contributed by atoms with van der Waals surface area (Å²) in [5, 5.41) is 3.36. The number of carbonyl (C=O) groups is 3. The third kappa shape index (κ3) is 7.00. The summed E-state index contributed by atoms with van der Waals surface area (Å²) in [5.41, 5.74) is 4.39. The van der Waals surface area contributed by atoms with Crippen LogP contribution < -0.4 is 5.32 Å². The molecule has 2 heterocycles. The number of rotatable bonds is 9. The summed E-state index contributed by atoms with van der Waals surface area (Å²) in [6.45, 7) is 5.62. The van der Waals surface area contributed by atoms with Crippen molar-refractivity contribution in [1.82, 2.24) is 19.8 Å². The molecule has 9 heteroatoms. The molecule has 1 fully saturated rings. The summed E-state index contributed by atoms with van der Waals surface area (Å²) >= 11 is 6.46. The minimum absolute atomic E-state index is 0.252. The predicted octanol–water partition coefficient (Wildman–Crippen LogP) is 4.52. The van der Waals surface area contributed by atoms with Crippen LogP contribution >= 0.6 is 11.6 Å². The number of hydrogen-bond acceptors (Lipinski definition) is 6. The first-order chi connectivity index (χ1) is 19.2. The van der Waals surface area contributed by atoms with Crippen LogP contribution in [0.2, 0.25) is 5.02 Å². The van der Waals surface area contributed by atoms with Gasteiger partial charge < -0.3 is 15.1 Å². The van der Waals surface area contributed by atoms with Crippen molar-refractivity contribution < 1.29 is 14.4 Å². The molecule has 2 amide bonds. The second-order valence-corrected chi connectivity index (χ2v) is 10.7. The molecule has 1 N–H and O–H groups in total. The maximum absolute atomic E-state index is 12.8. The first kappa shape index (κ1) is 29.1.